The molecule has 0 unspecified atom stereocenters. The monoisotopic (exact) mass is 509 g/mol. The standard InChI is InChI=1S/C30H27N3O3S/c34-27(15-19-5-6-19)28-17-20-9-12-32(25-4-2-1-3-23(25)29(20)37-28)30(35)21-7-8-26-24(16-21)31-18-33(26)22-10-13-36-14-11-22/h1-4,7-8,10,16-19H,5-6,9,11-15H2. The number of nitrogens with zero attached hydrogens (tertiary/aromatic N) is 3. The molecule has 2 aromatic carbocycles. The van der Waals surface area contributed by atoms with Gasteiger partial charge < -0.3 is 14.2 Å². The van der Waals surface area contributed by atoms with Crippen molar-refractivity contribution in [2.24, 2.45) is 5.92 Å². The summed E-state index contributed by atoms with van der Waals surface area (Å²) in [6.45, 7) is 1.88. The molecule has 7 rings (SSSR count). The van der Waals surface area contributed by atoms with E-state index in [2.05, 4.69) is 27.8 Å². The number of ether oxygens (including phenoxy) is 1. The highest BCUT2D eigenvalue weighted by Gasteiger charge is 2.30. The SMILES string of the molecule is O=C(CC1CC1)c1cc2c(s1)-c1ccccc1N(C(=O)c1ccc3c(c1)ncn3C1=CCOCC1)CC2. The third kappa shape index (κ3) is 4.12. The molecule has 0 spiro atoms. The lowest BCUT2D eigenvalue weighted by Crippen LogP contribution is -2.32. The molecule has 4 heterocycles. The van der Waals surface area contributed by atoms with Gasteiger partial charge in [-0.2, -0.15) is 0 Å². The predicted molar refractivity (Wildman–Crippen MR) is 146 cm³/mol. The number of amides is 1. The summed E-state index contributed by atoms with van der Waals surface area (Å²) in [5, 5.41) is 0. The van der Waals surface area contributed by atoms with Crippen molar-refractivity contribution in [2.75, 3.05) is 24.7 Å². The lowest BCUT2D eigenvalue weighted by molar-refractivity contribution is 0.0974. The normalized spacial score (nSPS) is 17.2. The van der Waals surface area contributed by atoms with E-state index in [0.29, 0.717) is 37.7 Å². The molecule has 37 heavy (non-hydrogen) atoms. The van der Waals surface area contributed by atoms with Crippen LogP contribution in [0.4, 0.5) is 5.69 Å². The van der Waals surface area contributed by atoms with Crippen molar-refractivity contribution < 1.29 is 14.3 Å². The first kappa shape index (κ1) is 22.6. The fourth-order valence-electron chi connectivity index (χ4n) is 5.40. The molecule has 0 radical (unpaired) electrons. The maximum absolute atomic E-state index is 13.9. The molecule has 2 aliphatic heterocycles. The number of aromatic nitrogens is 2. The number of fused-ring (bicyclic) bond motifs is 4. The van der Waals surface area contributed by atoms with E-state index >= 15 is 0 Å². The van der Waals surface area contributed by atoms with Crippen LogP contribution in [-0.2, 0) is 11.2 Å². The molecule has 7 heteroatoms. The van der Waals surface area contributed by atoms with Gasteiger partial charge in [0.05, 0.1) is 34.8 Å². The van der Waals surface area contributed by atoms with Crippen molar-refractivity contribution in [2.45, 2.75) is 32.1 Å². The minimum absolute atomic E-state index is 0.0330. The molecule has 1 amide bonds. The van der Waals surface area contributed by atoms with Crippen LogP contribution in [0.15, 0.2) is 60.9 Å². The Morgan fingerprint density at radius 1 is 1.08 bits per heavy atom. The van der Waals surface area contributed by atoms with Gasteiger partial charge in [-0.1, -0.05) is 18.2 Å². The summed E-state index contributed by atoms with van der Waals surface area (Å²) >= 11 is 1.58. The van der Waals surface area contributed by atoms with Gasteiger partial charge in [0.1, 0.15) is 6.33 Å². The first-order valence-corrected chi connectivity index (χ1v) is 13.8. The predicted octanol–water partition coefficient (Wildman–Crippen LogP) is 6.21. The van der Waals surface area contributed by atoms with Crippen LogP contribution < -0.4 is 4.90 Å². The Bertz CT molecular complexity index is 1580. The van der Waals surface area contributed by atoms with E-state index in [4.69, 9.17) is 4.74 Å². The number of anilines is 1. The highest BCUT2D eigenvalue weighted by Crippen LogP contribution is 2.43. The van der Waals surface area contributed by atoms with Crippen LogP contribution in [0, 0.1) is 5.92 Å². The maximum atomic E-state index is 13.9. The average molecular weight is 510 g/mol. The fourth-order valence-corrected chi connectivity index (χ4v) is 6.59. The number of rotatable bonds is 5. The van der Waals surface area contributed by atoms with E-state index in [9.17, 15) is 9.59 Å². The number of carbonyl (C=O) groups is 2. The second-order valence-corrected chi connectivity index (χ2v) is 11.2. The van der Waals surface area contributed by atoms with Gasteiger partial charge in [0, 0.05) is 41.1 Å². The highest BCUT2D eigenvalue weighted by atomic mass is 32.1. The summed E-state index contributed by atoms with van der Waals surface area (Å²) in [7, 11) is 0. The highest BCUT2D eigenvalue weighted by molar-refractivity contribution is 7.17. The van der Waals surface area contributed by atoms with Gasteiger partial charge in [-0.25, -0.2) is 4.98 Å². The molecule has 4 aromatic rings. The Morgan fingerprint density at radius 3 is 2.81 bits per heavy atom. The first-order valence-electron chi connectivity index (χ1n) is 13.0. The lowest BCUT2D eigenvalue weighted by Gasteiger charge is -2.23. The van der Waals surface area contributed by atoms with Crippen LogP contribution in [-0.4, -0.2) is 41.0 Å². The fraction of sp³-hybridized carbons (Fsp3) is 0.300. The van der Waals surface area contributed by atoms with Gasteiger partial charge in [0.15, 0.2) is 5.78 Å². The van der Waals surface area contributed by atoms with E-state index in [1.165, 1.54) is 18.5 Å². The summed E-state index contributed by atoms with van der Waals surface area (Å²) in [5.74, 6) is 0.802. The maximum Gasteiger partial charge on any atom is 0.258 e. The third-order valence-electron chi connectivity index (χ3n) is 7.59. The number of hydrogen-bond acceptors (Lipinski definition) is 5. The Morgan fingerprint density at radius 2 is 1.97 bits per heavy atom. The summed E-state index contributed by atoms with van der Waals surface area (Å²) in [6, 6.07) is 15.9. The molecule has 0 bridgehead atoms. The van der Waals surface area contributed by atoms with Gasteiger partial charge in [-0.3, -0.25) is 9.59 Å². The van der Waals surface area contributed by atoms with Crippen molar-refractivity contribution in [3.63, 3.8) is 0 Å². The summed E-state index contributed by atoms with van der Waals surface area (Å²) in [4.78, 5) is 35.1. The molecular weight excluding hydrogens is 482 g/mol. The molecule has 2 aromatic heterocycles. The van der Waals surface area contributed by atoms with Crippen molar-refractivity contribution in [1.82, 2.24) is 9.55 Å². The zero-order valence-corrected chi connectivity index (χ0v) is 21.3. The van der Waals surface area contributed by atoms with Gasteiger partial charge in [0.25, 0.3) is 5.91 Å². The second-order valence-electron chi connectivity index (χ2n) is 10.1. The zero-order chi connectivity index (χ0) is 24.9. The lowest BCUT2D eigenvalue weighted by atomic mass is 10.1. The largest absolute Gasteiger partial charge is 0.377 e. The van der Waals surface area contributed by atoms with E-state index in [1.807, 2.05) is 47.6 Å². The van der Waals surface area contributed by atoms with Gasteiger partial charge in [-0.15, -0.1) is 11.3 Å². The number of hydrogen-bond donors (Lipinski definition) is 0. The Balaban J connectivity index is 1.21. The van der Waals surface area contributed by atoms with Crippen LogP contribution in [0.2, 0.25) is 0 Å². The Kier molecular flexibility index (Phi) is 5.55. The molecule has 1 fully saturated rings. The van der Waals surface area contributed by atoms with Crippen molar-refractivity contribution in [1.29, 1.82) is 0 Å². The minimum Gasteiger partial charge on any atom is -0.377 e. The topological polar surface area (TPSA) is 64.4 Å². The van der Waals surface area contributed by atoms with Crippen molar-refractivity contribution >= 4 is 45.4 Å². The number of imidazole rings is 1. The van der Waals surface area contributed by atoms with Crippen molar-refractivity contribution in [3.05, 3.63) is 76.9 Å². The average Bonchev–Trinajstić information content (AvgIpc) is 3.52. The first-order chi connectivity index (χ1) is 18.2. The molecule has 186 valence electrons. The number of Topliss-reactive ketones (excluding diaryl/α,β-unsaturated/α-hetero) is 1. The van der Waals surface area contributed by atoms with Crippen LogP contribution in [0.3, 0.4) is 0 Å². The van der Waals surface area contributed by atoms with E-state index in [-0.39, 0.29) is 11.7 Å². The molecule has 0 atom stereocenters. The van der Waals surface area contributed by atoms with Gasteiger partial charge in [-0.05, 0) is 67.2 Å². The minimum atomic E-state index is -0.0330. The van der Waals surface area contributed by atoms with Gasteiger partial charge in [0.2, 0.25) is 0 Å². The van der Waals surface area contributed by atoms with Crippen LogP contribution in [0.5, 0.6) is 0 Å². The van der Waals surface area contributed by atoms with E-state index in [1.54, 1.807) is 11.3 Å². The van der Waals surface area contributed by atoms with Crippen molar-refractivity contribution in [3.8, 4) is 10.4 Å². The van der Waals surface area contributed by atoms with Crippen LogP contribution >= 0.6 is 11.3 Å². The molecular formula is C30H27N3O3S. The van der Waals surface area contributed by atoms with E-state index < -0.39 is 0 Å². The number of carbonyl (C=O) groups excluding carboxylic acids is 2. The Labute approximate surface area is 219 Å². The number of thiophene rings is 1. The quantitative estimate of drug-likeness (QED) is 0.300. The molecule has 3 aliphatic rings. The Hall–Kier alpha value is -3.55. The molecule has 0 saturated heterocycles. The molecule has 1 aliphatic carbocycles. The smallest absolute Gasteiger partial charge is 0.258 e. The van der Waals surface area contributed by atoms with Crippen LogP contribution in [0.1, 0.15) is 51.3 Å². The summed E-state index contributed by atoms with van der Waals surface area (Å²) < 4.78 is 7.53. The zero-order valence-electron chi connectivity index (χ0n) is 20.5. The van der Waals surface area contributed by atoms with Crippen LogP contribution in [0.25, 0.3) is 27.2 Å². The molecule has 1 saturated carbocycles. The van der Waals surface area contributed by atoms with Gasteiger partial charge >= 0.3 is 0 Å². The number of para-hydroxylation sites is 1. The number of benzene rings is 2. The summed E-state index contributed by atoms with van der Waals surface area (Å²) in [6.07, 6.45) is 8.49. The third-order valence-corrected chi connectivity index (χ3v) is 8.84. The molecule has 6 nitrogen and oxygen atoms in total. The van der Waals surface area contributed by atoms with E-state index in [0.717, 1.165) is 50.4 Å². The summed E-state index contributed by atoms with van der Waals surface area (Å²) in [5.41, 5.74) is 6.68. The number of ketones is 1. The molecule has 0 N–H and O–H groups in total. The second kappa shape index (κ2) is 9.08.